The molecule has 1 amide bonds. The van der Waals surface area contributed by atoms with E-state index >= 15 is 0 Å². The van der Waals surface area contributed by atoms with E-state index in [-0.39, 0.29) is 18.1 Å². The Morgan fingerprint density at radius 3 is 2.61 bits per heavy atom. The van der Waals surface area contributed by atoms with E-state index in [0.29, 0.717) is 19.6 Å². The molecule has 2 heterocycles. The number of nitrogens with zero attached hydrogens (tertiary/aromatic N) is 2. The number of para-hydroxylation sites is 1. The number of carbonyl (C=O) groups is 1. The summed E-state index contributed by atoms with van der Waals surface area (Å²) in [5.74, 6) is 1.02. The molecule has 126 valence electrons. The minimum atomic E-state index is -0.389. The zero-order chi connectivity index (χ0) is 16.1. The minimum absolute atomic E-state index is 0.127. The van der Waals surface area contributed by atoms with Crippen LogP contribution in [-0.4, -0.2) is 78.8 Å². The molecule has 1 aromatic rings. The Balaban J connectivity index is 1.36. The maximum atomic E-state index is 12.4. The van der Waals surface area contributed by atoms with Gasteiger partial charge < -0.3 is 20.1 Å². The summed E-state index contributed by atoms with van der Waals surface area (Å²) >= 11 is 0. The molecule has 2 fully saturated rings. The van der Waals surface area contributed by atoms with Crippen LogP contribution in [0.4, 0.5) is 0 Å². The molecule has 0 aliphatic carbocycles. The molecule has 0 aromatic heterocycles. The first-order valence-electron chi connectivity index (χ1n) is 8.33. The number of carbonyl (C=O) groups excluding carboxylic acids is 1. The van der Waals surface area contributed by atoms with E-state index in [4.69, 9.17) is 4.74 Å². The molecule has 0 saturated carbocycles. The smallest absolute Gasteiger partial charge is 0.239 e. The SMILES string of the molecule is O=C([C@@H]1C[C@@H](O)CN1)N1CCN(CCOc2ccccc2)CC1. The quantitative estimate of drug-likeness (QED) is 0.796. The van der Waals surface area contributed by atoms with Gasteiger partial charge in [-0.25, -0.2) is 0 Å². The van der Waals surface area contributed by atoms with E-state index < -0.39 is 0 Å². The summed E-state index contributed by atoms with van der Waals surface area (Å²) in [4.78, 5) is 16.6. The molecular weight excluding hydrogens is 294 g/mol. The number of hydrogen-bond acceptors (Lipinski definition) is 5. The number of ether oxygens (including phenoxy) is 1. The molecule has 1 aromatic carbocycles. The average Bonchev–Trinajstić information content (AvgIpc) is 3.02. The molecular formula is C17H25N3O3. The number of rotatable bonds is 5. The highest BCUT2D eigenvalue weighted by molar-refractivity contribution is 5.82. The highest BCUT2D eigenvalue weighted by Crippen LogP contribution is 2.12. The second-order valence-electron chi connectivity index (χ2n) is 6.18. The maximum absolute atomic E-state index is 12.4. The lowest BCUT2D eigenvalue weighted by Gasteiger charge is -2.35. The van der Waals surface area contributed by atoms with Crippen molar-refractivity contribution in [2.45, 2.75) is 18.6 Å². The molecule has 2 atom stereocenters. The van der Waals surface area contributed by atoms with Crippen molar-refractivity contribution < 1.29 is 14.6 Å². The molecule has 0 spiro atoms. The Morgan fingerprint density at radius 2 is 1.96 bits per heavy atom. The third-order valence-electron chi connectivity index (χ3n) is 4.51. The van der Waals surface area contributed by atoms with Crippen LogP contribution in [0.2, 0.25) is 0 Å². The summed E-state index contributed by atoms with van der Waals surface area (Å²) in [5.41, 5.74) is 0. The van der Waals surface area contributed by atoms with Crippen LogP contribution in [-0.2, 0) is 4.79 Å². The van der Waals surface area contributed by atoms with Crippen molar-refractivity contribution in [3.05, 3.63) is 30.3 Å². The van der Waals surface area contributed by atoms with E-state index in [1.165, 1.54) is 0 Å². The second kappa shape index (κ2) is 7.77. The predicted octanol–water partition coefficient (Wildman–Crippen LogP) is -0.0676. The summed E-state index contributed by atoms with van der Waals surface area (Å²) < 4.78 is 5.72. The van der Waals surface area contributed by atoms with Crippen LogP contribution in [0.25, 0.3) is 0 Å². The van der Waals surface area contributed by atoms with Gasteiger partial charge in [0.1, 0.15) is 12.4 Å². The van der Waals surface area contributed by atoms with Gasteiger partial charge in [0.2, 0.25) is 5.91 Å². The van der Waals surface area contributed by atoms with E-state index in [9.17, 15) is 9.90 Å². The lowest BCUT2D eigenvalue weighted by Crippen LogP contribution is -2.53. The van der Waals surface area contributed by atoms with Crippen LogP contribution >= 0.6 is 0 Å². The largest absolute Gasteiger partial charge is 0.492 e. The summed E-state index contributed by atoms with van der Waals surface area (Å²) in [6.45, 7) is 5.30. The summed E-state index contributed by atoms with van der Waals surface area (Å²) in [6.07, 6.45) is 0.143. The monoisotopic (exact) mass is 319 g/mol. The Bertz CT molecular complexity index is 503. The van der Waals surface area contributed by atoms with Crippen molar-refractivity contribution in [2.24, 2.45) is 0 Å². The number of aliphatic hydroxyl groups excluding tert-OH is 1. The van der Waals surface area contributed by atoms with Crippen molar-refractivity contribution in [1.82, 2.24) is 15.1 Å². The molecule has 0 bridgehead atoms. The molecule has 6 nitrogen and oxygen atoms in total. The van der Waals surface area contributed by atoms with Crippen molar-refractivity contribution in [2.75, 3.05) is 45.9 Å². The third-order valence-corrected chi connectivity index (χ3v) is 4.51. The number of piperazine rings is 1. The number of nitrogens with one attached hydrogen (secondary N) is 1. The van der Waals surface area contributed by atoms with Crippen molar-refractivity contribution in [3.8, 4) is 5.75 Å². The normalized spacial score (nSPS) is 25.5. The van der Waals surface area contributed by atoms with E-state index in [1.807, 2.05) is 35.2 Å². The van der Waals surface area contributed by atoms with Gasteiger partial charge >= 0.3 is 0 Å². The summed E-state index contributed by atoms with van der Waals surface area (Å²) in [6, 6.07) is 9.61. The molecule has 0 unspecified atom stereocenters. The third kappa shape index (κ3) is 4.43. The second-order valence-corrected chi connectivity index (χ2v) is 6.18. The van der Waals surface area contributed by atoms with E-state index in [2.05, 4.69) is 10.2 Å². The van der Waals surface area contributed by atoms with Gasteiger partial charge in [-0.05, 0) is 18.6 Å². The van der Waals surface area contributed by atoms with E-state index in [1.54, 1.807) is 0 Å². The average molecular weight is 319 g/mol. The van der Waals surface area contributed by atoms with Gasteiger partial charge in [0.15, 0.2) is 0 Å². The van der Waals surface area contributed by atoms with Crippen molar-refractivity contribution in [3.63, 3.8) is 0 Å². The fraction of sp³-hybridized carbons (Fsp3) is 0.588. The van der Waals surface area contributed by atoms with Crippen molar-refractivity contribution in [1.29, 1.82) is 0 Å². The first kappa shape index (κ1) is 16.2. The standard InChI is InChI=1S/C17H25N3O3/c21-14-12-16(18-13-14)17(22)20-8-6-19(7-9-20)10-11-23-15-4-2-1-3-5-15/h1-5,14,16,18,21H,6-13H2/t14-,16+/m1/s1. The van der Waals surface area contributed by atoms with Gasteiger partial charge in [-0.1, -0.05) is 18.2 Å². The predicted molar refractivity (Wildman–Crippen MR) is 87.4 cm³/mol. The highest BCUT2D eigenvalue weighted by Gasteiger charge is 2.32. The van der Waals surface area contributed by atoms with Crippen molar-refractivity contribution >= 4 is 5.91 Å². The number of benzene rings is 1. The molecule has 2 aliphatic rings. The van der Waals surface area contributed by atoms with Crippen LogP contribution in [0.15, 0.2) is 30.3 Å². The Hall–Kier alpha value is -1.63. The number of β-amino-alcohol motifs (C(OH)–C–C–N with tert-alkyl or cyclic N) is 1. The zero-order valence-electron chi connectivity index (χ0n) is 13.4. The maximum Gasteiger partial charge on any atom is 0.239 e. The Labute approximate surface area is 137 Å². The van der Waals surface area contributed by atoms with Crippen LogP contribution in [0, 0.1) is 0 Å². The molecule has 3 rings (SSSR count). The molecule has 0 radical (unpaired) electrons. The Morgan fingerprint density at radius 1 is 1.22 bits per heavy atom. The van der Waals surface area contributed by atoms with Crippen LogP contribution in [0.5, 0.6) is 5.75 Å². The Kier molecular flexibility index (Phi) is 5.48. The summed E-state index contributed by atoms with van der Waals surface area (Å²) in [7, 11) is 0. The number of hydrogen-bond donors (Lipinski definition) is 2. The first-order chi connectivity index (χ1) is 11.2. The van der Waals surface area contributed by atoms with Gasteiger partial charge in [0.25, 0.3) is 0 Å². The molecule has 23 heavy (non-hydrogen) atoms. The van der Waals surface area contributed by atoms with E-state index in [0.717, 1.165) is 38.5 Å². The lowest BCUT2D eigenvalue weighted by atomic mass is 10.1. The van der Waals surface area contributed by atoms with Gasteiger partial charge in [0, 0.05) is 39.3 Å². The van der Waals surface area contributed by atoms with Crippen LogP contribution in [0.1, 0.15) is 6.42 Å². The fourth-order valence-electron chi connectivity index (χ4n) is 3.13. The molecule has 2 N–H and O–H groups in total. The van der Waals surface area contributed by atoms with Gasteiger partial charge in [-0.15, -0.1) is 0 Å². The molecule has 2 saturated heterocycles. The topological polar surface area (TPSA) is 65.0 Å². The molecule has 6 heteroatoms. The summed E-state index contributed by atoms with van der Waals surface area (Å²) in [5, 5.41) is 12.6. The van der Waals surface area contributed by atoms with Gasteiger partial charge in [-0.2, -0.15) is 0 Å². The van der Waals surface area contributed by atoms with Crippen LogP contribution < -0.4 is 10.1 Å². The molecule has 2 aliphatic heterocycles. The fourth-order valence-corrected chi connectivity index (χ4v) is 3.13. The lowest BCUT2D eigenvalue weighted by molar-refractivity contribution is -0.135. The van der Waals surface area contributed by atoms with Gasteiger partial charge in [0.05, 0.1) is 12.1 Å². The highest BCUT2D eigenvalue weighted by atomic mass is 16.5. The number of aliphatic hydroxyl groups is 1. The van der Waals surface area contributed by atoms with Gasteiger partial charge in [-0.3, -0.25) is 9.69 Å². The zero-order valence-corrected chi connectivity index (χ0v) is 13.4. The first-order valence-corrected chi connectivity index (χ1v) is 8.33. The minimum Gasteiger partial charge on any atom is -0.492 e. The number of amides is 1. The van der Waals surface area contributed by atoms with Crippen LogP contribution in [0.3, 0.4) is 0 Å².